The molecular weight excluding hydrogens is 476 g/mol. The van der Waals surface area contributed by atoms with Gasteiger partial charge in [0, 0.05) is 23.6 Å². The van der Waals surface area contributed by atoms with Gasteiger partial charge in [-0.25, -0.2) is 13.4 Å². The quantitative estimate of drug-likeness (QED) is 0.340. The van der Waals surface area contributed by atoms with Gasteiger partial charge in [-0.1, -0.05) is 49.3 Å². The Bertz CT molecular complexity index is 1490. The van der Waals surface area contributed by atoms with Crippen LogP contribution in [0.1, 0.15) is 41.9 Å². The van der Waals surface area contributed by atoms with Crippen LogP contribution in [0.5, 0.6) is 0 Å². The summed E-state index contributed by atoms with van der Waals surface area (Å²) in [6.07, 6.45) is 2.13. The maximum atomic E-state index is 13.0. The first-order valence-corrected chi connectivity index (χ1v) is 14.0. The Morgan fingerprint density at radius 1 is 1.09 bits per heavy atom. The molecule has 0 fully saturated rings. The van der Waals surface area contributed by atoms with E-state index >= 15 is 0 Å². The van der Waals surface area contributed by atoms with Gasteiger partial charge in [0.25, 0.3) is 0 Å². The highest BCUT2D eigenvalue weighted by Gasteiger charge is 2.39. The van der Waals surface area contributed by atoms with Crippen molar-refractivity contribution in [1.29, 1.82) is 0 Å². The van der Waals surface area contributed by atoms with E-state index in [4.69, 9.17) is 9.51 Å². The molecule has 9 heteroatoms. The van der Waals surface area contributed by atoms with E-state index in [0.29, 0.717) is 34.9 Å². The number of aromatic nitrogens is 2. The fourth-order valence-corrected chi connectivity index (χ4v) is 7.81. The van der Waals surface area contributed by atoms with Gasteiger partial charge in [0.05, 0.1) is 21.7 Å². The zero-order valence-electron chi connectivity index (χ0n) is 18.6. The number of hydrogen-bond acceptors (Lipinski definition) is 8. The second kappa shape index (κ2) is 7.72. The molecule has 0 unspecified atom stereocenters. The van der Waals surface area contributed by atoms with Crippen LogP contribution in [0.3, 0.4) is 0 Å². The van der Waals surface area contributed by atoms with Crippen molar-refractivity contribution in [2.45, 2.75) is 37.8 Å². The van der Waals surface area contributed by atoms with E-state index in [1.165, 1.54) is 11.3 Å². The molecule has 1 aromatic carbocycles. The maximum Gasteiger partial charge on any atom is 0.185 e. The van der Waals surface area contributed by atoms with E-state index in [9.17, 15) is 13.2 Å². The highest BCUT2D eigenvalue weighted by molar-refractivity contribution is 7.93. The van der Waals surface area contributed by atoms with Gasteiger partial charge in [-0.15, -0.1) is 22.7 Å². The number of benzene rings is 1. The monoisotopic (exact) mass is 498 g/mol. The minimum atomic E-state index is -3.54. The predicted octanol–water partition coefficient (Wildman–Crippen LogP) is 6.06. The lowest BCUT2D eigenvalue weighted by molar-refractivity contribution is 0.0910. The summed E-state index contributed by atoms with van der Waals surface area (Å²) >= 11 is 2.59. The zero-order chi connectivity index (χ0) is 23.5. The van der Waals surface area contributed by atoms with Crippen LogP contribution in [0.15, 0.2) is 44.4 Å². The average Bonchev–Trinajstić information content (AvgIpc) is 3.43. The third-order valence-electron chi connectivity index (χ3n) is 5.75. The largest absolute Gasteiger partial charge is 0.360 e. The molecule has 0 bridgehead atoms. The Balaban J connectivity index is 1.66. The summed E-state index contributed by atoms with van der Waals surface area (Å²) in [4.78, 5) is 18.6. The molecule has 0 spiro atoms. The molecule has 5 rings (SSSR count). The minimum absolute atomic E-state index is 0.109. The Hall–Kier alpha value is -2.62. The number of ketones is 1. The van der Waals surface area contributed by atoms with Crippen LogP contribution >= 0.6 is 22.7 Å². The fourth-order valence-electron chi connectivity index (χ4n) is 4.35. The van der Waals surface area contributed by atoms with Gasteiger partial charge in [-0.2, -0.15) is 0 Å². The number of fused-ring (bicyclic) bond motifs is 1. The molecule has 0 saturated heterocycles. The summed E-state index contributed by atoms with van der Waals surface area (Å²) in [5, 5.41) is 6.88. The van der Waals surface area contributed by atoms with Crippen molar-refractivity contribution in [3.8, 4) is 32.4 Å². The molecule has 33 heavy (non-hydrogen) atoms. The van der Waals surface area contributed by atoms with Crippen molar-refractivity contribution >= 4 is 38.3 Å². The molecule has 0 amide bonds. The summed E-state index contributed by atoms with van der Waals surface area (Å²) in [7, 11) is -3.54. The summed E-state index contributed by atoms with van der Waals surface area (Å²) in [6, 6.07) is 9.77. The molecular formula is C24H22N2O4S3. The molecule has 0 atom stereocenters. The molecule has 1 aliphatic carbocycles. The van der Waals surface area contributed by atoms with Crippen molar-refractivity contribution in [1.82, 2.24) is 10.1 Å². The van der Waals surface area contributed by atoms with Crippen molar-refractivity contribution in [2.24, 2.45) is 5.41 Å². The molecule has 3 heterocycles. The highest BCUT2D eigenvalue weighted by Crippen LogP contribution is 2.48. The molecule has 1 aliphatic rings. The van der Waals surface area contributed by atoms with Crippen molar-refractivity contribution in [3.05, 3.63) is 52.6 Å². The molecule has 4 aromatic rings. The SMILES string of the molecule is Cc1onc(-c2ccccc2)c1-c1csc(-c2sc(S(C)(=O)=O)c3c2CC(C)(C)CC3=O)n1. The van der Waals surface area contributed by atoms with Gasteiger partial charge in [0.15, 0.2) is 15.6 Å². The van der Waals surface area contributed by atoms with Crippen LogP contribution in [0.2, 0.25) is 0 Å². The standard InChI is InChI=1S/C24H22N2O4S3/c1-13-18(20(26-30-13)14-8-6-5-7-9-14)16-12-31-22(25-16)21-15-10-24(2,3)11-17(27)19(15)23(32-21)33(4,28)29/h5-9,12H,10-11H2,1-4H3. The van der Waals surface area contributed by atoms with Crippen LogP contribution in [0.25, 0.3) is 32.4 Å². The summed E-state index contributed by atoms with van der Waals surface area (Å²) in [6.45, 7) is 5.93. The normalized spacial score (nSPS) is 15.6. The van der Waals surface area contributed by atoms with Gasteiger partial charge < -0.3 is 4.52 Å². The van der Waals surface area contributed by atoms with E-state index in [1.807, 2.05) is 56.5 Å². The van der Waals surface area contributed by atoms with E-state index in [0.717, 1.165) is 44.9 Å². The van der Waals surface area contributed by atoms with Crippen molar-refractivity contribution < 1.29 is 17.7 Å². The van der Waals surface area contributed by atoms with E-state index < -0.39 is 9.84 Å². The second-order valence-corrected chi connectivity index (χ2v) is 13.2. The van der Waals surface area contributed by atoms with Gasteiger partial charge in [0.2, 0.25) is 0 Å². The molecule has 3 aromatic heterocycles. The number of carbonyl (C=O) groups is 1. The molecule has 0 saturated carbocycles. The smallest absolute Gasteiger partial charge is 0.185 e. The number of nitrogens with zero attached hydrogens (tertiary/aromatic N) is 2. The lowest BCUT2D eigenvalue weighted by Gasteiger charge is -2.29. The lowest BCUT2D eigenvalue weighted by Crippen LogP contribution is -2.27. The Kier molecular flexibility index (Phi) is 5.19. The van der Waals surface area contributed by atoms with Crippen LogP contribution in [0.4, 0.5) is 0 Å². The second-order valence-electron chi connectivity index (χ2n) is 9.15. The number of thiazole rings is 1. The predicted molar refractivity (Wildman–Crippen MR) is 131 cm³/mol. The van der Waals surface area contributed by atoms with Crippen molar-refractivity contribution in [3.63, 3.8) is 0 Å². The maximum absolute atomic E-state index is 13.0. The number of carbonyl (C=O) groups excluding carboxylic acids is 1. The minimum Gasteiger partial charge on any atom is -0.360 e. The highest BCUT2D eigenvalue weighted by atomic mass is 32.2. The molecule has 0 aliphatic heterocycles. The van der Waals surface area contributed by atoms with Crippen LogP contribution < -0.4 is 0 Å². The number of thiophene rings is 1. The Morgan fingerprint density at radius 2 is 1.82 bits per heavy atom. The topological polar surface area (TPSA) is 90.1 Å². The van der Waals surface area contributed by atoms with Gasteiger partial charge in [0.1, 0.15) is 20.7 Å². The summed E-state index contributed by atoms with van der Waals surface area (Å²) in [5.74, 6) is 0.550. The third kappa shape index (κ3) is 3.88. The number of rotatable bonds is 4. The summed E-state index contributed by atoms with van der Waals surface area (Å²) < 4.78 is 30.7. The lowest BCUT2D eigenvalue weighted by atomic mass is 9.74. The molecule has 0 radical (unpaired) electrons. The van der Waals surface area contributed by atoms with Gasteiger partial charge >= 0.3 is 0 Å². The molecule has 170 valence electrons. The van der Waals surface area contributed by atoms with E-state index in [1.54, 1.807) is 0 Å². The zero-order valence-corrected chi connectivity index (χ0v) is 21.1. The molecule has 6 nitrogen and oxygen atoms in total. The first-order chi connectivity index (χ1) is 15.5. The number of aryl methyl sites for hydroxylation is 1. The van der Waals surface area contributed by atoms with E-state index in [2.05, 4.69) is 5.16 Å². The van der Waals surface area contributed by atoms with Crippen LogP contribution in [-0.4, -0.2) is 30.6 Å². The first kappa shape index (κ1) is 22.2. The Labute approximate surface area is 200 Å². The number of sulfone groups is 1. The van der Waals surface area contributed by atoms with Crippen LogP contribution in [-0.2, 0) is 16.3 Å². The number of hydrogen-bond donors (Lipinski definition) is 0. The first-order valence-electron chi connectivity index (χ1n) is 10.4. The number of Topliss-reactive ketones (excluding diaryl/α,β-unsaturated/α-hetero) is 1. The van der Waals surface area contributed by atoms with Crippen LogP contribution in [0, 0.1) is 12.3 Å². The van der Waals surface area contributed by atoms with E-state index in [-0.39, 0.29) is 15.4 Å². The average molecular weight is 499 g/mol. The summed E-state index contributed by atoms with van der Waals surface area (Å²) in [5.41, 5.74) is 4.10. The third-order valence-corrected chi connectivity index (χ3v) is 9.81. The molecule has 0 N–H and O–H groups in total. The van der Waals surface area contributed by atoms with Gasteiger partial charge in [-0.3, -0.25) is 4.79 Å². The van der Waals surface area contributed by atoms with Crippen molar-refractivity contribution in [2.75, 3.05) is 6.26 Å². The Morgan fingerprint density at radius 3 is 2.52 bits per heavy atom. The fraction of sp³-hybridized carbons (Fsp3) is 0.292. The van der Waals surface area contributed by atoms with Gasteiger partial charge in [-0.05, 0) is 24.3 Å².